The molecular weight excluding hydrogens is 389 g/mol. The first-order valence-electron chi connectivity index (χ1n) is 10.2. The summed E-state index contributed by atoms with van der Waals surface area (Å²) in [6.45, 7) is 7.17. The molecule has 9 heteroatoms. The van der Waals surface area contributed by atoms with E-state index in [9.17, 15) is 14.0 Å². The first kappa shape index (κ1) is 21.8. The maximum absolute atomic E-state index is 13.2. The molecule has 0 unspecified atom stereocenters. The molecule has 0 spiro atoms. The molecule has 3 amide bonds. The molecule has 3 N–H and O–H groups in total. The van der Waals surface area contributed by atoms with E-state index in [4.69, 9.17) is 10.2 Å². The number of piperazine rings is 1. The number of amides is 3. The number of hydrogen-bond donors (Lipinski definition) is 2. The van der Waals surface area contributed by atoms with Crippen LogP contribution < -0.4 is 11.1 Å². The van der Waals surface area contributed by atoms with Crippen molar-refractivity contribution in [3.8, 4) is 11.5 Å². The minimum atomic E-state index is -0.401. The van der Waals surface area contributed by atoms with E-state index >= 15 is 0 Å². The van der Waals surface area contributed by atoms with Crippen LogP contribution in [0.25, 0.3) is 11.5 Å². The molecule has 2 heterocycles. The number of nitrogens with one attached hydrogen (secondary N) is 1. The number of halogens is 1. The van der Waals surface area contributed by atoms with E-state index in [-0.39, 0.29) is 23.5 Å². The third-order valence-electron chi connectivity index (χ3n) is 5.08. The van der Waals surface area contributed by atoms with Crippen LogP contribution in [0.1, 0.15) is 36.5 Å². The lowest BCUT2D eigenvalue weighted by molar-refractivity contribution is 0.0889. The maximum atomic E-state index is 13.2. The van der Waals surface area contributed by atoms with Crippen molar-refractivity contribution < 1.29 is 18.4 Å². The predicted molar refractivity (Wildman–Crippen MR) is 110 cm³/mol. The number of rotatable bonds is 7. The van der Waals surface area contributed by atoms with Gasteiger partial charge in [0.1, 0.15) is 5.82 Å². The van der Waals surface area contributed by atoms with Crippen molar-refractivity contribution in [3.63, 3.8) is 0 Å². The first-order chi connectivity index (χ1) is 14.4. The molecule has 0 aliphatic carbocycles. The van der Waals surface area contributed by atoms with Crippen molar-refractivity contribution in [2.75, 3.05) is 32.7 Å². The van der Waals surface area contributed by atoms with E-state index in [0.29, 0.717) is 56.3 Å². The van der Waals surface area contributed by atoms with Crippen molar-refractivity contribution in [3.05, 3.63) is 41.5 Å². The summed E-state index contributed by atoms with van der Waals surface area (Å²) in [5.74, 6) is -0.162. The number of carbonyl (C=O) groups excluding carboxylic acids is 2. The van der Waals surface area contributed by atoms with Gasteiger partial charge in [0.2, 0.25) is 11.7 Å². The van der Waals surface area contributed by atoms with Crippen molar-refractivity contribution in [2.24, 2.45) is 5.73 Å². The second-order valence-corrected chi connectivity index (χ2v) is 7.55. The Morgan fingerprint density at radius 3 is 2.50 bits per heavy atom. The molecule has 1 aliphatic heterocycles. The van der Waals surface area contributed by atoms with Gasteiger partial charge in [-0.15, -0.1) is 0 Å². The Balaban J connectivity index is 1.64. The summed E-state index contributed by atoms with van der Waals surface area (Å²) in [6.07, 6.45) is 1.42. The van der Waals surface area contributed by atoms with Crippen molar-refractivity contribution in [2.45, 2.75) is 32.7 Å². The van der Waals surface area contributed by atoms with Crippen LogP contribution in [0.3, 0.4) is 0 Å². The second-order valence-electron chi connectivity index (χ2n) is 7.55. The Kier molecular flexibility index (Phi) is 7.04. The Bertz CT molecular complexity index is 875. The topological polar surface area (TPSA) is 105 Å². The number of nitrogens with two attached hydrogens (primary N) is 1. The molecule has 3 rings (SSSR count). The van der Waals surface area contributed by atoms with Gasteiger partial charge in [-0.1, -0.05) is 13.3 Å². The van der Waals surface area contributed by atoms with Crippen LogP contribution in [0.15, 0.2) is 28.7 Å². The summed E-state index contributed by atoms with van der Waals surface area (Å²) < 4.78 is 19.0. The Morgan fingerprint density at radius 2 is 1.90 bits per heavy atom. The lowest BCUT2D eigenvalue weighted by atomic mass is 10.2. The lowest BCUT2D eigenvalue weighted by Gasteiger charge is -2.35. The summed E-state index contributed by atoms with van der Waals surface area (Å²) in [4.78, 5) is 32.3. The third kappa shape index (κ3) is 5.35. The number of primary amides is 1. The number of urea groups is 1. The van der Waals surface area contributed by atoms with Gasteiger partial charge in [-0.3, -0.25) is 9.69 Å². The number of aromatic nitrogens is 1. The normalized spacial score (nSPS) is 15.8. The molecule has 1 aromatic heterocycles. The molecule has 162 valence electrons. The molecule has 1 aromatic carbocycles. The maximum Gasteiger partial charge on any atom is 0.314 e. The van der Waals surface area contributed by atoms with E-state index in [1.54, 1.807) is 17.0 Å². The average molecular weight is 417 g/mol. The van der Waals surface area contributed by atoms with Gasteiger partial charge in [-0.25, -0.2) is 14.2 Å². The first-order valence-corrected chi connectivity index (χ1v) is 10.2. The number of aryl methyl sites for hydroxylation is 1. The Hall–Kier alpha value is -2.94. The van der Waals surface area contributed by atoms with Crippen molar-refractivity contribution in [1.29, 1.82) is 0 Å². The lowest BCUT2D eigenvalue weighted by Crippen LogP contribution is -2.53. The fourth-order valence-electron chi connectivity index (χ4n) is 3.52. The summed E-state index contributed by atoms with van der Waals surface area (Å²) >= 11 is 0. The van der Waals surface area contributed by atoms with E-state index < -0.39 is 6.03 Å². The molecule has 1 aliphatic rings. The van der Waals surface area contributed by atoms with Gasteiger partial charge in [0.25, 0.3) is 5.91 Å². The Labute approximate surface area is 175 Å². The summed E-state index contributed by atoms with van der Waals surface area (Å²) in [5.41, 5.74) is 6.52. The van der Waals surface area contributed by atoms with E-state index in [1.807, 2.05) is 13.8 Å². The third-order valence-corrected chi connectivity index (χ3v) is 5.08. The molecule has 1 fully saturated rings. The van der Waals surface area contributed by atoms with Gasteiger partial charge in [0.05, 0.1) is 5.69 Å². The van der Waals surface area contributed by atoms with Crippen LogP contribution in [0.2, 0.25) is 0 Å². The van der Waals surface area contributed by atoms with Crippen LogP contribution in [0, 0.1) is 5.82 Å². The Morgan fingerprint density at radius 1 is 1.23 bits per heavy atom. The largest absolute Gasteiger partial charge is 0.431 e. The fourth-order valence-corrected chi connectivity index (χ4v) is 3.52. The minimum absolute atomic E-state index is 0.119. The molecule has 0 saturated carbocycles. The monoisotopic (exact) mass is 417 g/mol. The van der Waals surface area contributed by atoms with Gasteiger partial charge in [-0.2, -0.15) is 0 Å². The molecule has 8 nitrogen and oxygen atoms in total. The standard InChI is InChI=1S/C21H28FN5O3/c1-3-4-17-18(30-20(25-17)15-5-7-16(22)8-6-15)19(28)24-14(2)13-26-9-11-27(12-10-26)21(23)29/h5-8,14H,3-4,9-13H2,1-2H3,(H2,23,29)(H,24,28)/t14-/m1/s1. The summed E-state index contributed by atoms with van der Waals surface area (Å²) in [6, 6.07) is 5.30. The van der Waals surface area contributed by atoms with Gasteiger partial charge in [0.15, 0.2) is 0 Å². The molecule has 2 aromatic rings. The molecule has 0 bridgehead atoms. The number of oxazole rings is 1. The van der Waals surface area contributed by atoms with Crippen LogP contribution in [0.5, 0.6) is 0 Å². The van der Waals surface area contributed by atoms with Crippen LogP contribution in [-0.2, 0) is 6.42 Å². The highest BCUT2D eigenvalue weighted by atomic mass is 19.1. The quantitative estimate of drug-likeness (QED) is 0.719. The van der Waals surface area contributed by atoms with Gasteiger partial charge < -0.3 is 20.4 Å². The molecule has 30 heavy (non-hydrogen) atoms. The van der Waals surface area contributed by atoms with Gasteiger partial charge >= 0.3 is 6.03 Å². The van der Waals surface area contributed by atoms with Crippen molar-refractivity contribution >= 4 is 11.9 Å². The smallest absolute Gasteiger partial charge is 0.314 e. The zero-order valence-electron chi connectivity index (χ0n) is 17.4. The zero-order chi connectivity index (χ0) is 21.7. The zero-order valence-corrected chi connectivity index (χ0v) is 17.4. The molecule has 0 radical (unpaired) electrons. The van der Waals surface area contributed by atoms with E-state index in [2.05, 4.69) is 15.2 Å². The highest BCUT2D eigenvalue weighted by Crippen LogP contribution is 2.23. The van der Waals surface area contributed by atoms with E-state index in [0.717, 1.165) is 6.42 Å². The number of benzene rings is 1. The molecule has 1 saturated heterocycles. The van der Waals surface area contributed by atoms with Crippen LogP contribution >= 0.6 is 0 Å². The molecule has 1 atom stereocenters. The summed E-state index contributed by atoms with van der Waals surface area (Å²) in [7, 11) is 0. The van der Waals surface area contributed by atoms with Crippen molar-refractivity contribution in [1.82, 2.24) is 20.1 Å². The average Bonchev–Trinajstić information content (AvgIpc) is 3.13. The van der Waals surface area contributed by atoms with Gasteiger partial charge in [0, 0.05) is 44.3 Å². The molecular formula is C21H28FN5O3. The SMILES string of the molecule is CCCc1nc(-c2ccc(F)cc2)oc1C(=O)N[C@H](C)CN1CCN(C(N)=O)CC1. The summed E-state index contributed by atoms with van der Waals surface area (Å²) in [5, 5.41) is 2.97. The fraction of sp³-hybridized carbons (Fsp3) is 0.476. The van der Waals surface area contributed by atoms with E-state index in [1.165, 1.54) is 12.1 Å². The minimum Gasteiger partial charge on any atom is -0.431 e. The van der Waals surface area contributed by atoms with Crippen LogP contribution in [0.4, 0.5) is 9.18 Å². The number of nitrogens with zero attached hydrogens (tertiary/aromatic N) is 3. The second kappa shape index (κ2) is 9.71. The van der Waals surface area contributed by atoms with Gasteiger partial charge in [-0.05, 0) is 37.6 Å². The number of carbonyl (C=O) groups is 2. The predicted octanol–water partition coefficient (Wildman–Crippen LogP) is 2.25. The number of hydrogen-bond acceptors (Lipinski definition) is 5. The highest BCUT2D eigenvalue weighted by molar-refractivity contribution is 5.93. The highest BCUT2D eigenvalue weighted by Gasteiger charge is 2.24. The van der Waals surface area contributed by atoms with Crippen LogP contribution in [-0.4, -0.2) is 65.5 Å².